The maximum atomic E-state index is 12.7. The van der Waals surface area contributed by atoms with E-state index in [0.717, 1.165) is 22.3 Å². The van der Waals surface area contributed by atoms with Gasteiger partial charge in [-0.05, 0) is 36.4 Å². The number of nitrogens with zero attached hydrogens (tertiary/aromatic N) is 2. The summed E-state index contributed by atoms with van der Waals surface area (Å²) in [6, 6.07) is 21.5. The second-order valence-electron chi connectivity index (χ2n) is 7.65. The number of aromatic nitrogens is 3. The van der Waals surface area contributed by atoms with Gasteiger partial charge in [-0.25, -0.2) is 4.98 Å². The van der Waals surface area contributed by atoms with E-state index in [0.29, 0.717) is 28.1 Å². The first-order valence-corrected chi connectivity index (χ1v) is 10.5. The van der Waals surface area contributed by atoms with Gasteiger partial charge in [0, 0.05) is 11.3 Å². The topological polar surface area (TPSA) is 114 Å². The predicted octanol–water partition coefficient (Wildman–Crippen LogP) is 5.24. The fourth-order valence-electron chi connectivity index (χ4n) is 3.81. The molecule has 8 heteroatoms. The molecule has 8 nitrogen and oxygen atoms in total. The first-order chi connectivity index (χ1) is 16.7. The van der Waals surface area contributed by atoms with Crippen molar-refractivity contribution in [2.45, 2.75) is 0 Å². The molecule has 6 rings (SSSR count). The monoisotopic (exact) mass is 448 g/mol. The molecule has 3 aromatic heterocycles. The summed E-state index contributed by atoms with van der Waals surface area (Å²) in [6.07, 6.45) is 2.85. The number of carbonyl (C=O) groups is 1. The van der Waals surface area contributed by atoms with E-state index < -0.39 is 5.91 Å². The number of carbonyl (C=O) groups excluding carboxylic acids is 1. The molecule has 0 aliphatic carbocycles. The third kappa shape index (κ3) is 3.34. The van der Waals surface area contributed by atoms with Gasteiger partial charge in [0.15, 0.2) is 5.58 Å². The van der Waals surface area contributed by atoms with Crippen molar-refractivity contribution in [3.8, 4) is 22.7 Å². The third-order valence-corrected chi connectivity index (χ3v) is 5.52. The van der Waals surface area contributed by atoms with Crippen LogP contribution in [-0.4, -0.2) is 21.1 Å². The zero-order valence-electron chi connectivity index (χ0n) is 17.6. The number of hydrogen-bond donors (Lipinski definition) is 2. The van der Waals surface area contributed by atoms with E-state index in [9.17, 15) is 9.59 Å². The lowest BCUT2D eigenvalue weighted by Crippen LogP contribution is -2.21. The summed E-state index contributed by atoms with van der Waals surface area (Å²) in [7, 11) is 0. The molecule has 6 aromatic rings. The molecule has 1 amide bonds. The van der Waals surface area contributed by atoms with E-state index in [2.05, 4.69) is 20.5 Å². The van der Waals surface area contributed by atoms with Crippen LogP contribution < -0.4 is 10.7 Å². The molecule has 164 valence electrons. The zero-order valence-corrected chi connectivity index (χ0v) is 17.6. The molecule has 0 saturated carbocycles. The van der Waals surface area contributed by atoms with Gasteiger partial charge in [0.25, 0.3) is 5.91 Å². The smallest absolute Gasteiger partial charge is 0.262 e. The molecule has 0 bridgehead atoms. The fourth-order valence-corrected chi connectivity index (χ4v) is 3.81. The van der Waals surface area contributed by atoms with Crippen LogP contribution in [0.5, 0.6) is 0 Å². The molecule has 3 aromatic carbocycles. The summed E-state index contributed by atoms with van der Waals surface area (Å²) in [6.45, 7) is 0. The Morgan fingerprint density at radius 3 is 2.50 bits per heavy atom. The van der Waals surface area contributed by atoms with Gasteiger partial charge in [-0.15, -0.1) is 0 Å². The van der Waals surface area contributed by atoms with Gasteiger partial charge in [-0.3, -0.25) is 14.7 Å². The summed E-state index contributed by atoms with van der Waals surface area (Å²) in [5.41, 5.74) is 4.28. The summed E-state index contributed by atoms with van der Waals surface area (Å²) in [4.78, 5) is 29.9. The number of rotatable bonds is 4. The molecular weight excluding hydrogens is 432 g/mol. The van der Waals surface area contributed by atoms with E-state index in [1.54, 1.807) is 42.6 Å². The lowest BCUT2D eigenvalue weighted by Gasteiger charge is -2.07. The van der Waals surface area contributed by atoms with Gasteiger partial charge in [-0.2, -0.15) is 5.10 Å². The highest BCUT2D eigenvalue weighted by atomic mass is 16.3. The highest BCUT2D eigenvalue weighted by Gasteiger charge is 2.17. The van der Waals surface area contributed by atoms with Crippen LogP contribution in [-0.2, 0) is 0 Å². The number of aromatic amines is 1. The first-order valence-electron chi connectivity index (χ1n) is 10.5. The number of amides is 1. The Morgan fingerprint density at radius 2 is 1.68 bits per heavy atom. The third-order valence-electron chi connectivity index (χ3n) is 5.52. The molecule has 0 atom stereocenters. The van der Waals surface area contributed by atoms with Crippen LogP contribution in [0.4, 0.5) is 5.69 Å². The highest BCUT2D eigenvalue weighted by Crippen LogP contribution is 2.32. The zero-order chi connectivity index (χ0) is 23.1. The molecule has 34 heavy (non-hydrogen) atoms. The van der Waals surface area contributed by atoms with Crippen LogP contribution in [0.1, 0.15) is 10.4 Å². The van der Waals surface area contributed by atoms with Crippen LogP contribution in [0.3, 0.4) is 0 Å². The van der Waals surface area contributed by atoms with Crippen molar-refractivity contribution in [3.05, 3.63) is 101 Å². The number of anilines is 1. The Morgan fingerprint density at radius 1 is 0.912 bits per heavy atom. The second kappa shape index (κ2) is 7.86. The van der Waals surface area contributed by atoms with Gasteiger partial charge >= 0.3 is 0 Å². The standard InChI is InChI=1S/C26H16N4O4/c31-24-17-5-1-3-7-21(17)33-14-19(24)25(32)28-16-11-9-15(10-12-16)23-18(13-27-30-23)26-29-20-6-2-4-8-22(20)34-26/h1-14H,(H,27,30)(H,28,32). The van der Waals surface area contributed by atoms with Gasteiger partial charge in [0.2, 0.25) is 11.3 Å². The number of para-hydroxylation sites is 3. The molecule has 0 saturated heterocycles. The van der Waals surface area contributed by atoms with Crippen molar-refractivity contribution in [2.75, 3.05) is 5.32 Å². The molecule has 0 aliphatic heterocycles. The quantitative estimate of drug-likeness (QED) is 0.381. The van der Waals surface area contributed by atoms with Gasteiger partial charge in [-0.1, -0.05) is 36.4 Å². The summed E-state index contributed by atoms with van der Waals surface area (Å²) < 4.78 is 11.3. The van der Waals surface area contributed by atoms with Crippen LogP contribution in [0.2, 0.25) is 0 Å². The molecule has 0 radical (unpaired) electrons. The number of nitrogens with one attached hydrogen (secondary N) is 2. The molecule has 0 spiro atoms. The largest absolute Gasteiger partial charge is 0.463 e. The van der Waals surface area contributed by atoms with Crippen LogP contribution in [0.25, 0.3) is 44.8 Å². The van der Waals surface area contributed by atoms with Crippen LogP contribution in [0.15, 0.2) is 98.9 Å². The van der Waals surface area contributed by atoms with Crippen molar-refractivity contribution in [1.29, 1.82) is 0 Å². The highest BCUT2D eigenvalue weighted by molar-refractivity contribution is 6.05. The van der Waals surface area contributed by atoms with E-state index in [1.165, 1.54) is 6.26 Å². The minimum atomic E-state index is -0.541. The van der Waals surface area contributed by atoms with Crippen molar-refractivity contribution in [2.24, 2.45) is 0 Å². The number of benzene rings is 3. The van der Waals surface area contributed by atoms with E-state index in [4.69, 9.17) is 8.83 Å². The Bertz CT molecular complexity index is 1690. The second-order valence-corrected chi connectivity index (χ2v) is 7.65. The maximum Gasteiger partial charge on any atom is 0.262 e. The van der Waals surface area contributed by atoms with Gasteiger partial charge in [0.1, 0.15) is 22.9 Å². The van der Waals surface area contributed by atoms with Crippen LogP contribution >= 0.6 is 0 Å². The molecule has 3 heterocycles. The van der Waals surface area contributed by atoms with Crippen molar-refractivity contribution in [1.82, 2.24) is 15.2 Å². The van der Waals surface area contributed by atoms with Crippen molar-refractivity contribution < 1.29 is 13.6 Å². The molecule has 2 N–H and O–H groups in total. The summed E-state index contributed by atoms with van der Waals surface area (Å²) >= 11 is 0. The average Bonchev–Trinajstić information content (AvgIpc) is 3.52. The number of H-pyrrole nitrogens is 1. The van der Waals surface area contributed by atoms with Crippen LogP contribution in [0, 0.1) is 0 Å². The molecular formula is C26H16N4O4. The maximum absolute atomic E-state index is 12.7. The van der Waals surface area contributed by atoms with Gasteiger partial charge in [0.05, 0.1) is 22.8 Å². The Labute approximate surface area is 191 Å². The SMILES string of the molecule is O=C(Nc1ccc(-c2[nH]ncc2-c2nc3ccccc3o2)cc1)c1coc2ccccc2c1=O. The fraction of sp³-hybridized carbons (Fsp3) is 0. The first kappa shape index (κ1) is 19.7. The number of fused-ring (bicyclic) bond motifs is 2. The van der Waals surface area contributed by atoms with Crippen molar-refractivity contribution >= 4 is 33.7 Å². The van der Waals surface area contributed by atoms with Gasteiger partial charge < -0.3 is 14.2 Å². The summed E-state index contributed by atoms with van der Waals surface area (Å²) in [5.74, 6) is -0.0775. The van der Waals surface area contributed by atoms with E-state index in [1.807, 2.05) is 36.4 Å². The van der Waals surface area contributed by atoms with E-state index >= 15 is 0 Å². The predicted molar refractivity (Wildman–Crippen MR) is 127 cm³/mol. The normalized spacial score (nSPS) is 11.2. The molecule has 0 aliphatic rings. The Hall–Kier alpha value is -4.98. The lowest BCUT2D eigenvalue weighted by atomic mass is 10.1. The minimum absolute atomic E-state index is 0.0606. The summed E-state index contributed by atoms with van der Waals surface area (Å²) in [5, 5.41) is 10.2. The number of oxazole rings is 1. The Balaban J connectivity index is 1.27. The van der Waals surface area contributed by atoms with E-state index in [-0.39, 0.29) is 11.0 Å². The molecule has 0 fully saturated rings. The minimum Gasteiger partial charge on any atom is -0.463 e. The lowest BCUT2D eigenvalue weighted by molar-refractivity contribution is 0.102. The van der Waals surface area contributed by atoms with Crippen molar-refractivity contribution in [3.63, 3.8) is 0 Å². The number of hydrogen-bond acceptors (Lipinski definition) is 6. The molecule has 0 unspecified atom stereocenters. The Kier molecular flexibility index (Phi) is 4.55. The average molecular weight is 448 g/mol.